The van der Waals surface area contributed by atoms with Crippen LogP contribution in [0.15, 0.2) is 33.7 Å². The van der Waals surface area contributed by atoms with E-state index in [4.69, 9.17) is 9.26 Å². The van der Waals surface area contributed by atoms with Gasteiger partial charge >= 0.3 is 5.97 Å². The van der Waals surface area contributed by atoms with E-state index in [1.165, 1.54) is 28.6 Å². The molecule has 0 unspecified atom stereocenters. The molecule has 188 valence electrons. The Morgan fingerprint density at radius 1 is 1.15 bits per heavy atom. The normalized spacial score (nSPS) is 12.9. The van der Waals surface area contributed by atoms with E-state index in [1.54, 1.807) is 27.7 Å². The van der Waals surface area contributed by atoms with Crippen LogP contribution >= 0.6 is 0 Å². The maximum Gasteiger partial charge on any atom is 0.329 e. The minimum atomic E-state index is -3.72. The molecule has 1 aromatic carbocycles. The number of carbonyl (C=O) groups excluding carboxylic acids is 2. The first-order valence-corrected chi connectivity index (χ1v) is 12.8. The van der Waals surface area contributed by atoms with E-state index in [-0.39, 0.29) is 28.9 Å². The van der Waals surface area contributed by atoms with Gasteiger partial charge in [-0.05, 0) is 30.0 Å². The number of amides is 1. The molecular formula is C23H34N4O6S. The van der Waals surface area contributed by atoms with Crippen LogP contribution in [-0.4, -0.2) is 53.9 Å². The summed E-state index contributed by atoms with van der Waals surface area (Å²) in [5.41, 5.74) is 0.127. The zero-order chi connectivity index (χ0) is 25.5. The highest BCUT2D eigenvalue weighted by molar-refractivity contribution is 7.89. The Balaban J connectivity index is 2.10. The molecule has 0 radical (unpaired) electrons. The molecule has 1 N–H and O–H groups in total. The number of ether oxygens (including phenoxy) is 1. The number of nitrogens with zero attached hydrogens (tertiary/aromatic N) is 3. The van der Waals surface area contributed by atoms with Gasteiger partial charge < -0.3 is 14.6 Å². The Bertz CT molecular complexity index is 1080. The molecule has 1 atom stereocenters. The molecule has 0 saturated carbocycles. The minimum absolute atomic E-state index is 0.0149. The van der Waals surface area contributed by atoms with E-state index in [0.717, 1.165) is 0 Å². The molecule has 0 aliphatic carbocycles. The first kappa shape index (κ1) is 27.5. The van der Waals surface area contributed by atoms with E-state index in [9.17, 15) is 18.0 Å². The molecule has 1 amide bonds. The highest BCUT2D eigenvalue weighted by atomic mass is 32.2. The zero-order valence-electron chi connectivity index (χ0n) is 20.6. The smallest absolute Gasteiger partial charge is 0.329 e. The Labute approximate surface area is 201 Å². The maximum absolute atomic E-state index is 12.9. The van der Waals surface area contributed by atoms with Crippen LogP contribution in [0.25, 0.3) is 0 Å². The lowest BCUT2D eigenvalue weighted by molar-refractivity contribution is -0.149. The fourth-order valence-corrected chi connectivity index (χ4v) is 4.76. The average Bonchev–Trinajstić information content (AvgIpc) is 3.22. The summed E-state index contributed by atoms with van der Waals surface area (Å²) in [5.74, 6) is -0.447. The standard InChI is InChI=1S/C23H34N4O6S/c1-7-27(8-2)34(30,31)18-11-9-10-17(13-18)22(28)25-21(16(5)6)23(29)32-14-20-24-19(26-33-20)12-15(3)4/h9-11,13,15-16,21H,7-8,12,14H2,1-6H3,(H,25,28)/t21-/m0/s1. The second-order valence-corrected chi connectivity index (χ2v) is 10.6. The Hall–Kier alpha value is -2.79. The molecule has 0 aliphatic rings. The number of sulfonamides is 1. The second-order valence-electron chi connectivity index (χ2n) is 8.62. The summed E-state index contributed by atoms with van der Waals surface area (Å²) in [7, 11) is -3.72. The summed E-state index contributed by atoms with van der Waals surface area (Å²) in [6, 6.07) is 4.79. The first-order chi connectivity index (χ1) is 16.0. The lowest BCUT2D eigenvalue weighted by atomic mass is 10.0. The van der Waals surface area contributed by atoms with Crippen molar-refractivity contribution in [3.8, 4) is 0 Å². The van der Waals surface area contributed by atoms with Crippen molar-refractivity contribution in [2.45, 2.75) is 65.5 Å². The molecule has 0 bridgehead atoms. The van der Waals surface area contributed by atoms with Crippen molar-refractivity contribution in [1.29, 1.82) is 0 Å². The van der Waals surface area contributed by atoms with Crippen molar-refractivity contribution in [2.24, 2.45) is 11.8 Å². The Morgan fingerprint density at radius 3 is 2.41 bits per heavy atom. The largest absolute Gasteiger partial charge is 0.454 e. The second kappa shape index (κ2) is 12.1. The van der Waals surface area contributed by atoms with Crippen LogP contribution in [0.3, 0.4) is 0 Å². The van der Waals surface area contributed by atoms with Crippen LogP contribution in [0.2, 0.25) is 0 Å². The quantitative estimate of drug-likeness (QED) is 0.446. The lowest BCUT2D eigenvalue weighted by Crippen LogP contribution is -2.45. The van der Waals surface area contributed by atoms with Gasteiger partial charge in [0.05, 0.1) is 4.90 Å². The molecule has 0 fully saturated rings. The molecule has 1 aromatic heterocycles. The van der Waals surface area contributed by atoms with Gasteiger partial charge in [-0.15, -0.1) is 0 Å². The summed E-state index contributed by atoms with van der Waals surface area (Å²) in [6.45, 7) is 11.5. The highest BCUT2D eigenvalue weighted by Gasteiger charge is 2.28. The van der Waals surface area contributed by atoms with E-state index >= 15 is 0 Å². The van der Waals surface area contributed by atoms with Crippen molar-refractivity contribution >= 4 is 21.9 Å². The topological polar surface area (TPSA) is 132 Å². The third-order valence-corrected chi connectivity index (χ3v) is 7.13. The summed E-state index contributed by atoms with van der Waals surface area (Å²) >= 11 is 0. The Kier molecular flexibility index (Phi) is 9.75. The average molecular weight is 495 g/mol. The predicted octanol–water partition coefficient (Wildman–Crippen LogP) is 2.80. The number of esters is 1. The van der Waals surface area contributed by atoms with Gasteiger partial charge in [0.1, 0.15) is 6.04 Å². The van der Waals surface area contributed by atoms with Crippen LogP contribution in [0.4, 0.5) is 0 Å². The monoisotopic (exact) mass is 494 g/mol. The van der Waals surface area contributed by atoms with Gasteiger partial charge in [0.25, 0.3) is 11.8 Å². The van der Waals surface area contributed by atoms with Crippen LogP contribution in [0.1, 0.15) is 63.6 Å². The van der Waals surface area contributed by atoms with Gasteiger partial charge in [-0.25, -0.2) is 13.2 Å². The molecular weight excluding hydrogens is 460 g/mol. The Morgan fingerprint density at radius 2 is 1.82 bits per heavy atom. The maximum atomic E-state index is 12.9. The fourth-order valence-electron chi connectivity index (χ4n) is 3.25. The minimum Gasteiger partial charge on any atom is -0.454 e. The summed E-state index contributed by atoms with van der Waals surface area (Å²) < 4.78 is 37.3. The molecule has 1 heterocycles. The summed E-state index contributed by atoms with van der Waals surface area (Å²) in [4.78, 5) is 29.7. The third kappa shape index (κ3) is 7.10. The van der Waals surface area contributed by atoms with E-state index in [0.29, 0.717) is 31.3 Å². The number of hydrogen-bond acceptors (Lipinski definition) is 8. The van der Waals surface area contributed by atoms with Crippen LogP contribution < -0.4 is 5.32 Å². The van der Waals surface area contributed by atoms with Crippen molar-refractivity contribution in [3.63, 3.8) is 0 Å². The van der Waals surface area contributed by atoms with Crippen molar-refractivity contribution in [2.75, 3.05) is 13.1 Å². The van der Waals surface area contributed by atoms with E-state index < -0.39 is 27.9 Å². The van der Waals surface area contributed by atoms with Crippen molar-refractivity contribution < 1.29 is 27.3 Å². The zero-order valence-corrected chi connectivity index (χ0v) is 21.4. The van der Waals surface area contributed by atoms with Crippen LogP contribution in [-0.2, 0) is 32.6 Å². The number of nitrogens with one attached hydrogen (secondary N) is 1. The van der Waals surface area contributed by atoms with E-state index in [2.05, 4.69) is 15.5 Å². The van der Waals surface area contributed by atoms with Gasteiger partial charge in [0.2, 0.25) is 10.0 Å². The molecule has 2 aromatic rings. The summed E-state index contributed by atoms with van der Waals surface area (Å²) in [6.07, 6.45) is 0.644. The van der Waals surface area contributed by atoms with Gasteiger partial charge in [0.15, 0.2) is 12.4 Å². The van der Waals surface area contributed by atoms with Crippen LogP contribution in [0.5, 0.6) is 0 Å². The molecule has 0 spiro atoms. The molecule has 34 heavy (non-hydrogen) atoms. The number of rotatable bonds is 12. The fraction of sp³-hybridized carbons (Fsp3) is 0.565. The van der Waals surface area contributed by atoms with Gasteiger partial charge in [-0.2, -0.15) is 9.29 Å². The number of benzene rings is 1. The van der Waals surface area contributed by atoms with Gasteiger partial charge in [-0.1, -0.05) is 52.8 Å². The molecule has 11 heteroatoms. The SMILES string of the molecule is CCN(CC)S(=O)(=O)c1cccc(C(=O)N[C@H](C(=O)OCc2nc(CC(C)C)no2)C(C)C)c1. The third-order valence-electron chi connectivity index (χ3n) is 5.09. The molecule has 0 aliphatic heterocycles. The van der Waals surface area contributed by atoms with Crippen molar-refractivity contribution in [3.05, 3.63) is 41.5 Å². The molecule has 2 rings (SSSR count). The van der Waals surface area contributed by atoms with E-state index in [1.807, 2.05) is 13.8 Å². The van der Waals surface area contributed by atoms with Crippen LogP contribution in [0, 0.1) is 11.8 Å². The summed E-state index contributed by atoms with van der Waals surface area (Å²) in [5, 5.41) is 6.50. The van der Waals surface area contributed by atoms with Gasteiger partial charge in [0, 0.05) is 25.1 Å². The molecule has 10 nitrogen and oxygen atoms in total. The highest BCUT2D eigenvalue weighted by Crippen LogP contribution is 2.18. The molecule has 0 saturated heterocycles. The van der Waals surface area contributed by atoms with Gasteiger partial charge in [-0.3, -0.25) is 4.79 Å². The predicted molar refractivity (Wildman–Crippen MR) is 125 cm³/mol. The first-order valence-electron chi connectivity index (χ1n) is 11.4. The number of aromatic nitrogens is 2. The number of hydrogen-bond donors (Lipinski definition) is 1. The lowest BCUT2D eigenvalue weighted by Gasteiger charge is -2.21. The number of carbonyl (C=O) groups is 2. The van der Waals surface area contributed by atoms with Crippen molar-refractivity contribution in [1.82, 2.24) is 19.8 Å².